The van der Waals surface area contributed by atoms with Gasteiger partial charge in [-0.15, -0.1) is 0 Å². The minimum atomic E-state index is 0. The molecule has 2 heterocycles. The van der Waals surface area contributed by atoms with Crippen LogP contribution in [0.1, 0.15) is 23.9 Å². The second kappa shape index (κ2) is 4.04. The fourth-order valence-electron chi connectivity index (χ4n) is 2.91. The molecule has 3 nitrogen and oxygen atoms in total. The van der Waals surface area contributed by atoms with E-state index in [1.165, 1.54) is 27.8 Å². The van der Waals surface area contributed by atoms with E-state index in [9.17, 15) is 0 Å². The average Bonchev–Trinajstić information content (AvgIpc) is 2.99. The summed E-state index contributed by atoms with van der Waals surface area (Å²) in [4.78, 5) is 4.63. The van der Waals surface area contributed by atoms with Gasteiger partial charge < -0.3 is 0 Å². The number of aryl methyl sites for hydroxylation is 2. The van der Waals surface area contributed by atoms with Gasteiger partial charge in [0.25, 0.3) is 0 Å². The smallest absolute Gasteiger partial charge is 0.0923 e. The van der Waals surface area contributed by atoms with Crippen LogP contribution in [0.15, 0.2) is 42.6 Å². The predicted octanol–water partition coefficient (Wildman–Crippen LogP) is 3.51. The van der Waals surface area contributed by atoms with Crippen LogP contribution in [0.5, 0.6) is 0 Å². The topological polar surface area (TPSA) is 30.7 Å². The molecule has 4 rings (SSSR count). The van der Waals surface area contributed by atoms with Crippen LogP contribution in [-0.4, -0.2) is 14.8 Å². The molecule has 3 aromatic rings. The molecule has 0 amide bonds. The lowest BCUT2D eigenvalue weighted by atomic mass is 10.00. The summed E-state index contributed by atoms with van der Waals surface area (Å²) < 4.78 is 1.86. The molecule has 0 radical (unpaired) electrons. The normalized spacial score (nSPS) is 13.6. The van der Waals surface area contributed by atoms with Gasteiger partial charge in [0.15, 0.2) is 0 Å². The van der Waals surface area contributed by atoms with Crippen molar-refractivity contribution in [2.75, 3.05) is 0 Å². The molecule has 0 fully saturated rings. The summed E-state index contributed by atoms with van der Waals surface area (Å²) in [7, 11) is 1.95. The minimum absolute atomic E-state index is 0. The van der Waals surface area contributed by atoms with E-state index in [1.807, 2.05) is 18.7 Å². The number of benzene rings is 1. The molecule has 0 N–H and O–H groups in total. The summed E-state index contributed by atoms with van der Waals surface area (Å²) in [5.41, 5.74) is 7.11. The van der Waals surface area contributed by atoms with E-state index < -0.39 is 0 Å². The lowest BCUT2D eigenvalue weighted by Crippen LogP contribution is -1.92. The number of rotatable bonds is 1. The highest BCUT2D eigenvalue weighted by Crippen LogP contribution is 2.33. The van der Waals surface area contributed by atoms with Crippen LogP contribution < -0.4 is 0 Å². The number of aromatic nitrogens is 3. The van der Waals surface area contributed by atoms with E-state index in [1.54, 1.807) is 0 Å². The quantitative estimate of drug-likeness (QED) is 0.672. The number of allylic oxidation sites excluding steroid dienone is 1. The first kappa shape index (κ1) is 11.4. The highest BCUT2D eigenvalue weighted by Gasteiger charge is 2.17. The molecule has 0 atom stereocenters. The number of nitrogens with zero attached hydrogens (tertiary/aromatic N) is 3. The van der Waals surface area contributed by atoms with Crippen LogP contribution in [0, 0.1) is 6.92 Å². The highest BCUT2D eigenvalue weighted by atomic mass is 15.2. The second-order valence-electron chi connectivity index (χ2n) is 5.35. The van der Waals surface area contributed by atoms with Crippen molar-refractivity contribution in [2.45, 2.75) is 13.3 Å². The molecule has 100 valence electrons. The molecule has 3 heteroatoms. The van der Waals surface area contributed by atoms with Crippen molar-refractivity contribution in [3.63, 3.8) is 0 Å². The molecule has 0 aliphatic heterocycles. The van der Waals surface area contributed by atoms with E-state index in [-0.39, 0.29) is 1.43 Å². The van der Waals surface area contributed by atoms with Gasteiger partial charge in [-0.1, -0.05) is 18.2 Å². The number of pyridine rings is 1. The maximum Gasteiger partial charge on any atom is 0.0923 e. The Balaban J connectivity index is 0.00000132. The Kier molecular flexibility index (Phi) is 2.30. The SMILES string of the molecule is Cc1ccc2c(n1)CC=C2c1ccc2nn(C)cc2c1.[HH]. The van der Waals surface area contributed by atoms with Crippen molar-refractivity contribution in [2.24, 2.45) is 7.05 Å². The third-order valence-corrected chi connectivity index (χ3v) is 3.83. The van der Waals surface area contributed by atoms with Crippen molar-refractivity contribution < 1.29 is 1.43 Å². The van der Waals surface area contributed by atoms with E-state index in [4.69, 9.17) is 0 Å². The zero-order chi connectivity index (χ0) is 13.7. The van der Waals surface area contributed by atoms with Crippen LogP contribution in [0.4, 0.5) is 0 Å². The molecular weight excluding hydrogens is 246 g/mol. The summed E-state index contributed by atoms with van der Waals surface area (Å²) in [6.07, 6.45) is 5.26. The maximum atomic E-state index is 4.63. The molecule has 0 unspecified atom stereocenters. The monoisotopic (exact) mass is 263 g/mol. The van der Waals surface area contributed by atoms with Gasteiger partial charge in [-0.3, -0.25) is 9.67 Å². The fourth-order valence-corrected chi connectivity index (χ4v) is 2.91. The average molecular weight is 263 g/mol. The van der Waals surface area contributed by atoms with Crippen LogP contribution in [-0.2, 0) is 13.5 Å². The Hall–Kier alpha value is -2.42. The lowest BCUT2D eigenvalue weighted by molar-refractivity contribution is 0.780. The summed E-state index contributed by atoms with van der Waals surface area (Å²) in [5, 5.41) is 5.60. The minimum Gasteiger partial charge on any atom is -0.275 e. The first-order chi connectivity index (χ1) is 9.70. The van der Waals surface area contributed by atoms with Gasteiger partial charge in [0, 0.05) is 37.7 Å². The van der Waals surface area contributed by atoms with Crippen LogP contribution in [0.25, 0.3) is 16.5 Å². The van der Waals surface area contributed by atoms with E-state index in [2.05, 4.69) is 52.7 Å². The third-order valence-electron chi connectivity index (χ3n) is 3.83. The van der Waals surface area contributed by atoms with Crippen molar-refractivity contribution in [3.05, 3.63) is 65.1 Å². The Bertz CT molecular complexity index is 862. The van der Waals surface area contributed by atoms with Gasteiger partial charge in [-0.05, 0) is 36.3 Å². The van der Waals surface area contributed by atoms with Gasteiger partial charge in [-0.2, -0.15) is 5.10 Å². The van der Waals surface area contributed by atoms with E-state index in [0.717, 1.165) is 17.6 Å². The lowest BCUT2D eigenvalue weighted by Gasteiger charge is -2.06. The molecule has 1 aliphatic rings. The van der Waals surface area contributed by atoms with Gasteiger partial charge in [0.2, 0.25) is 0 Å². The second-order valence-corrected chi connectivity index (χ2v) is 5.35. The van der Waals surface area contributed by atoms with Gasteiger partial charge in [0.1, 0.15) is 0 Å². The van der Waals surface area contributed by atoms with Crippen molar-refractivity contribution in [3.8, 4) is 0 Å². The molecule has 1 aliphatic carbocycles. The van der Waals surface area contributed by atoms with Crippen molar-refractivity contribution in [1.82, 2.24) is 14.8 Å². The summed E-state index contributed by atoms with van der Waals surface area (Å²) in [6.45, 7) is 2.04. The summed E-state index contributed by atoms with van der Waals surface area (Å²) in [5.74, 6) is 0. The Morgan fingerprint density at radius 1 is 1.20 bits per heavy atom. The largest absolute Gasteiger partial charge is 0.275 e. The summed E-state index contributed by atoms with van der Waals surface area (Å²) >= 11 is 0. The van der Waals surface area contributed by atoms with Crippen LogP contribution in [0.3, 0.4) is 0 Å². The van der Waals surface area contributed by atoms with E-state index >= 15 is 0 Å². The van der Waals surface area contributed by atoms with Gasteiger partial charge >= 0.3 is 0 Å². The van der Waals surface area contributed by atoms with Gasteiger partial charge in [-0.25, -0.2) is 0 Å². The molecule has 0 saturated heterocycles. The zero-order valence-corrected chi connectivity index (χ0v) is 11.6. The molecule has 0 saturated carbocycles. The highest BCUT2D eigenvalue weighted by molar-refractivity contribution is 5.89. The molecular formula is C17H17N3. The molecule has 0 bridgehead atoms. The predicted molar refractivity (Wildman–Crippen MR) is 82.6 cm³/mol. The molecule has 2 aromatic heterocycles. The van der Waals surface area contributed by atoms with Crippen molar-refractivity contribution in [1.29, 1.82) is 0 Å². The van der Waals surface area contributed by atoms with Crippen LogP contribution in [0.2, 0.25) is 0 Å². The van der Waals surface area contributed by atoms with Crippen molar-refractivity contribution >= 4 is 16.5 Å². The molecule has 1 aromatic carbocycles. The number of fused-ring (bicyclic) bond motifs is 2. The zero-order valence-electron chi connectivity index (χ0n) is 11.6. The number of hydrogen-bond donors (Lipinski definition) is 0. The third kappa shape index (κ3) is 1.67. The molecule has 0 spiro atoms. The summed E-state index contributed by atoms with van der Waals surface area (Å²) in [6, 6.07) is 10.7. The Morgan fingerprint density at radius 2 is 2.10 bits per heavy atom. The Labute approximate surface area is 119 Å². The first-order valence-electron chi connectivity index (χ1n) is 6.81. The fraction of sp³-hybridized carbons (Fsp3) is 0.176. The Morgan fingerprint density at radius 3 is 3.00 bits per heavy atom. The van der Waals surface area contributed by atoms with Crippen LogP contribution >= 0.6 is 0 Å². The molecule has 20 heavy (non-hydrogen) atoms. The van der Waals surface area contributed by atoms with E-state index in [0.29, 0.717) is 0 Å². The standard InChI is InChI=1S/C17H15N3.H2/c1-11-3-5-15-14(6-8-17(15)18-11)12-4-7-16-13(9-12)10-20(2)19-16;/h3-7,9-10H,8H2,1-2H3;1H. The first-order valence-corrected chi connectivity index (χ1v) is 6.81. The van der Waals surface area contributed by atoms with Gasteiger partial charge in [0.05, 0.1) is 11.2 Å². The number of hydrogen-bond acceptors (Lipinski definition) is 2. The maximum absolute atomic E-state index is 4.63.